The topological polar surface area (TPSA) is 114 Å². The van der Waals surface area contributed by atoms with Crippen molar-refractivity contribution in [2.45, 2.75) is 13.2 Å². The van der Waals surface area contributed by atoms with E-state index in [1.807, 2.05) is 6.92 Å². The molecule has 0 aliphatic carbocycles. The first kappa shape index (κ1) is 20.7. The van der Waals surface area contributed by atoms with Gasteiger partial charge in [-0.05, 0) is 6.92 Å². The second-order valence-corrected chi connectivity index (χ2v) is 7.12. The van der Waals surface area contributed by atoms with Gasteiger partial charge in [0.05, 0.1) is 38.9 Å². The monoisotopic (exact) mass is 350 g/mol. The van der Waals surface area contributed by atoms with Gasteiger partial charge in [0, 0.05) is 6.61 Å². The highest BCUT2D eigenvalue weighted by atomic mass is 32.2. The average molecular weight is 350 g/mol. The predicted octanol–water partition coefficient (Wildman–Crippen LogP) is -0.665. The van der Waals surface area contributed by atoms with Gasteiger partial charge in [0.2, 0.25) is 6.29 Å². The van der Waals surface area contributed by atoms with Crippen LogP contribution in [0.2, 0.25) is 0 Å². The van der Waals surface area contributed by atoms with Gasteiger partial charge in [0.25, 0.3) is 20.2 Å². The van der Waals surface area contributed by atoms with Crippen molar-refractivity contribution in [3.05, 3.63) is 0 Å². The zero-order valence-corrected chi connectivity index (χ0v) is 13.9. The SMILES string of the molecule is CCOCCOCCOCC(OS(C)(=O)=O)OS(C)(=O)=O. The molecule has 0 unspecified atom stereocenters. The maximum absolute atomic E-state index is 11.0. The standard InChI is InChI=1S/C10H22O9S2/c1-4-15-5-6-16-7-8-17-9-10(18-20(2,11)12)19-21(3,13)14/h10H,4-9H2,1-3H3. The molecule has 0 aliphatic rings. The summed E-state index contributed by atoms with van der Waals surface area (Å²) in [6.07, 6.45) is 0.00346. The number of rotatable bonds is 13. The van der Waals surface area contributed by atoms with Crippen molar-refractivity contribution in [1.29, 1.82) is 0 Å². The van der Waals surface area contributed by atoms with E-state index in [4.69, 9.17) is 14.2 Å². The second kappa shape index (κ2) is 10.4. The molecular weight excluding hydrogens is 328 g/mol. The molecule has 0 spiro atoms. The Morgan fingerprint density at radius 3 is 1.62 bits per heavy atom. The maximum Gasteiger partial charge on any atom is 0.267 e. The fourth-order valence-electron chi connectivity index (χ4n) is 1.12. The van der Waals surface area contributed by atoms with Gasteiger partial charge in [-0.1, -0.05) is 0 Å². The highest BCUT2D eigenvalue weighted by molar-refractivity contribution is 7.86. The molecule has 9 nitrogen and oxygen atoms in total. The Morgan fingerprint density at radius 2 is 1.19 bits per heavy atom. The predicted molar refractivity (Wildman–Crippen MR) is 73.8 cm³/mol. The van der Waals surface area contributed by atoms with Crippen molar-refractivity contribution in [1.82, 2.24) is 0 Å². The third kappa shape index (κ3) is 15.9. The van der Waals surface area contributed by atoms with Crippen molar-refractivity contribution in [2.24, 2.45) is 0 Å². The summed E-state index contributed by atoms with van der Waals surface area (Å²) < 4.78 is 68.1. The van der Waals surface area contributed by atoms with Crippen LogP contribution in [0, 0.1) is 0 Å². The fraction of sp³-hybridized carbons (Fsp3) is 1.00. The summed E-state index contributed by atoms with van der Waals surface area (Å²) in [6, 6.07) is 0. The third-order valence-corrected chi connectivity index (χ3v) is 2.89. The minimum absolute atomic E-state index is 0.128. The quantitative estimate of drug-likeness (QED) is 0.242. The van der Waals surface area contributed by atoms with Crippen LogP contribution in [0.1, 0.15) is 6.92 Å². The summed E-state index contributed by atoms with van der Waals surface area (Å²) in [6.45, 7) is 3.35. The molecule has 0 saturated carbocycles. The molecule has 128 valence electrons. The molecule has 0 atom stereocenters. The molecule has 0 amide bonds. The van der Waals surface area contributed by atoms with E-state index < -0.39 is 26.5 Å². The Hall–Kier alpha value is -0.300. The zero-order chi connectivity index (χ0) is 16.4. The molecule has 0 aliphatic heterocycles. The van der Waals surface area contributed by atoms with Gasteiger partial charge in [-0.15, -0.1) is 0 Å². The number of hydrogen-bond acceptors (Lipinski definition) is 9. The van der Waals surface area contributed by atoms with E-state index >= 15 is 0 Å². The summed E-state index contributed by atoms with van der Waals surface area (Å²) in [5.74, 6) is 0. The lowest BCUT2D eigenvalue weighted by molar-refractivity contribution is -0.0639. The molecule has 0 radical (unpaired) electrons. The summed E-state index contributed by atoms with van der Waals surface area (Å²) >= 11 is 0. The first-order valence-electron chi connectivity index (χ1n) is 6.14. The number of ether oxygens (including phenoxy) is 3. The molecule has 11 heteroatoms. The molecule has 0 fully saturated rings. The molecule has 0 bridgehead atoms. The molecule has 0 rings (SSSR count). The van der Waals surface area contributed by atoms with Crippen LogP contribution in [-0.2, 0) is 42.8 Å². The zero-order valence-electron chi connectivity index (χ0n) is 12.3. The Kier molecular flexibility index (Phi) is 10.3. The molecule has 0 N–H and O–H groups in total. The van der Waals surface area contributed by atoms with Gasteiger partial charge in [-0.25, -0.2) is 8.37 Å². The van der Waals surface area contributed by atoms with E-state index in [9.17, 15) is 16.8 Å². The van der Waals surface area contributed by atoms with Crippen LogP contribution in [0.15, 0.2) is 0 Å². The Balaban J connectivity index is 3.97. The molecule has 0 heterocycles. The van der Waals surface area contributed by atoms with Crippen LogP contribution in [0.25, 0.3) is 0 Å². The summed E-state index contributed by atoms with van der Waals surface area (Å²) in [5, 5.41) is 0. The minimum Gasteiger partial charge on any atom is -0.379 e. The molecule has 0 aromatic carbocycles. The maximum atomic E-state index is 11.0. The lowest BCUT2D eigenvalue weighted by Gasteiger charge is -2.15. The summed E-state index contributed by atoms with van der Waals surface area (Å²) in [4.78, 5) is 0. The van der Waals surface area contributed by atoms with Crippen LogP contribution in [0.4, 0.5) is 0 Å². The smallest absolute Gasteiger partial charge is 0.267 e. The van der Waals surface area contributed by atoms with Gasteiger partial charge in [-0.3, -0.25) is 0 Å². The van der Waals surface area contributed by atoms with Crippen molar-refractivity contribution < 1.29 is 39.4 Å². The van der Waals surface area contributed by atoms with E-state index in [0.29, 0.717) is 19.8 Å². The first-order valence-corrected chi connectivity index (χ1v) is 9.77. The average Bonchev–Trinajstić information content (AvgIpc) is 2.28. The van der Waals surface area contributed by atoms with Crippen LogP contribution in [0.5, 0.6) is 0 Å². The minimum atomic E-state index is -3.87. The van der Waals surface area contributed by atoms with Crippen molar-refractivity contribution >= 4 is 20.2 Å². The van der Waals surface area contributed by atoms with E-state index in [2.05, 4.69) is 8.37 Å². The normalized spacial score (nSPS) is 13.0. The van der Waals surface area contributed by atoms with E-state index in [0.717, 1.165) is 12.5 Å². The highest BCUT2D eigenvalue weighted by Gasteiger charge is 2.21. The lowest BCUT2D eigenvalue weighted by Crippen LogP contribution is -2.29. The summed E-state index contributed by atoms with van der Waals surface area (Å²) in [7, 11) is -7.74. The fourth-order valence-corrected chi connectivity index (χ4v) is 2.14. The van der Waals surface area contributed by atoms with Gasteiger partial charge in [-0.2, -0.15) is 16.8 Å². The molecule has 0 aromatic heterocycles. The highest BCUT2D eigenvalue weighted by Crippen LogP contribution is 2.04. The van der Waals surface area contributed by atoms with Crippen LogP contribution >= 0.6 is 0 Å². The lowest BCUT2D eigenvalue weighted by atomic mass is 10.6. The second-order valence-electron chi connectivity index (χ2n) is 3.91. The van der Waals surface area contributed by atoms with Crippen LogP contribution in [-0.4, -0.2) is 75.3 Å². The van der Waals surface area contributed by atoms with Gasteiger partial charge < -0.3 is 14.2 Å². The van der Waals surface area contributed by atoms with Gasteiger partial charge >= 0.3 is 0 Å². The van der Waals surface area contributed by atoms with Crippen molar-refractivity contribution in [3.63, 3.8) is 0 Å². The largest absolute Gasteiger partial charge is 0.379 e. The van der Waals surface area contributed by atoms with Gasteiger partial charge in [0.15, 0.2) is 0 Å². The molecule has 0 saturated heterocycles. The van der Waals surface area contributed by atoms with Crippen molar-refractivity contribution in [3.8, 4) is 0 Å². The Bertz CT molecular complexity index is 423. The Labute approximate surface area is 125 Å². The molecule has 0 aromatic rings. The van der Waals surface area contributed by atoms with Crippen LogP contribution in [0.3, 0.4) is 0 Å². The Morgan fingerprint density at radius 1 is 0.762 bits per heavy atom. The number of hydrogen-bond donors (Lipinski definition) is 0. The van der Waals surface area contributed by atoms with E-state index in [1.165, 1.54) is 0 Å². The van der Waals surface area contributed by atoms with Gasteiger partial charge in [0.1, 0.15) is 6.61 Å². The molecule has 21 heavy (non-hydrogen) atoms. The van der Waals surface area contributed by atoms with Crippen LogP contribution < -0.4 is 0 Å². The molecular formula is C10H22O9S2. The summed E-state index contributed by atoms with van der Waals surface area (Å²) in [5.41, 5.74) is 0. The van der Waals surface area contributed by atoms with Crippen molar-refractivity contribution in [2.75, 3.05) is 52.2 Å². The third-order valence-electron chi connectivity index (χ3n) is 1.77. The first-order chi connectivity index (χ1) is 9.64. The van der Waals surface area contributed by atoms with E-state index in [1.54, 1.807) is 0 Å². The van der Waals surface area contributed by atoms with E-state index in [-0.39, 0.29) is 19.8 Å².